The van der Waals surface area contributed by atoms with E-state index < -0.39 is 0 Å². The van der Waals surface area contributed by atoms with Crippen molar-refractivity contribution in [3.63, 3.8) is 0 Å². The molecule has 1 aliphatic rings. The predicted molar refractivity (Wildman–Crippen MR) is 79.9 cm³/mol. The molecule has 1 N–H and O–H groups in total. The molecule has 0 aliphatic heterocycles. The van der Waals surface area contributed by atoms with Crippen LogP contribution < -0.4 is 5.32 Å². The average Bonchev–Trinajstić information content (AvgIpc) is 2.47. The van der Waals surface area contributed by atoms with Gasteiger partial charge in [-0.2, -0.15) is 0 Å². The first kappa shape index (κ1) is 14.8. The molecule has 20 heavy (non-hydrogen) atoms. The normalized spacial score (nSPS) is 17.5. The van der Waals surface area contributed by atoms with E-state index in [0.717, 1.165) is 12.4 Å². The lowest BCUT2D eigenvalue weighted by molar-refractivity contribution is 0.0526. The molecular weight excluding hydrogens is 252 g/mol. The minimum Gasteiger partial charge on any atom is -0.462 e. The Kier molecular flexibility index (Phi) is 4.99. The Hall–Kier alpha value is -1.58. The zero-order chi connectivity index (χ0) is 14.4. The quantitative estimate of drug-likeness (QED) is 0.834. The summed E-state index contributed by atoms with van der Waals surface area (Å²) in [6.45, 7) is 5.47. The van der Waals surface area contributed by atoms with Gasteiger partial charge < -0.3 is 10.1 Å². The number of hydrogen-bond acceptors (Lipinski definition) is 4. The minimum absolute atomic E-state index is 0.314. The lowest BCUT2D eigenvalue weighted by Crippen LogP contribution is -2.29. The Morgan fingerprint density at radius 2 is 2.10 bits per heavy atom. The highest BCUT2D eigenvalue weighted by Gasteiger charge is 2.26. The van der Waals surface area contributed by atoms with Crippen LogP contribution in [-0.4, -0.2) is 24.1 Å². The fraction of sp³-hybridized carbons (Fsp3) is 0.625. The van der Waals surface area contributed by atoms with Crippen LogP contribution in [0.15, 0.2) is 18.3 Å². The average molecular weight is 276 g/mol. The van der Waals surface area contributed by atoms with E-state index in [1.54, 1.807) is 19.2 Å². The summed E-state index contributed by atoms with van der Waals surface area (Å²) in [6.07, 6.45) is 8.15. The van der Waals surface area contributed by atoms with E-state index >= 15 is 0 Å². The van der Waals surface area contributed by atoms with Gasteiger partial charge in [0.15, 0.2) is 0 Å². The molecule has 110 valence electrons. The summed E-state index contributed by atoms with van der Waals surface area (Å²) >= 11 is 0. The third-order valence-corrected chi connectivity index (χ3v) is 4.03. The number of carbonyl (C=O) groups is 1. The van der Waals surface area contributed by atoms with Gasteiger partial charge in [-0.05, 0) is 37.3 Å². The number of nitrogens with one attached hydrogen (secondary N) is 1. The zero-order valence-corrected chi connectivity index (χ0v) is 12.4. The summed E-state index contributed by atoms with van der Waals surface area (Å²) in [5.74, 6) is 0.510. The first-order chi connectivity index (χ1) is 9.63. The summed E-state index contributed by atoms with van der Waals surface area (Å²) in [4.78, 5) is 15.8. The Labute approximate surface area is 120 Å². The summed E-state index contributed by atoms with van der Waals surface area (Å²) < 4.78 is 4.94. The lowest BCUT2D eigenvalue weighted by Gasteiger charge is -2.33. The molecule has 0 atom stereocenters. The molecule has 0 radical (unpaired) electrons. The van der Waals surface area contributed by atoms with Gasteiger partial charge in [-0.1, -0.05) is 26.2 Å². The van der Waals surface area contributed by atoms with Crippen molar-refractivity contribution in [3.05, 3.63) is 23.9 Å². The van der Waals surface area contributed by atoms with Crippen LogP contribution in [0.1, 0.15) is 56.3 Å². The molecule has 1 heterocycles. The molecule has 0 bridgehead atoms. The highest BCUT2D eigenvalue weighted by atomic mass is 16.5. The van der Waals surface area contributed by atoms with Gasteiger partial charge in [-0.25, -0.2) is 9.78 Å². The molecule has 2 rings (SSSR count). The topological polar surface area (TPSA) is 51.2 Å². The van der Waals surface area contributed by atoms with Crippen molar-refractivity contribution in [2.24, 2.45) is 5.41 Å². The molecule has 0 saturated heterocycles. The number of rotatable bonds is 5. The second-order valence-corrected chi connectivity index (χ2v) is 5.88. The Morgan fingerprint density at radius 3 is 2.70 bits per heavy atom. The number of carbonyl (C=O) groups excluding carboxylic acids is 1. The molecule has 1 saturated carbocycles. The molecule has 4 heteroatoms. The van der Waals surface area contributed by atoms with Crippen LogP contribution in [0.4, 0.5) is 5.82 Å². The standard InChI is InChI=1S/C16H24N2O2/c1-3-20-15(19)13-7-8-14(17-11-13)18-12-16(2)9-5-4-6-10-16/h7-8,11H,3-6,9-10,12H2,1-2H3,(H,17,18). The van der Waals surface area contributed by atoms with Crippen molar-refractivity contribution < 1.29 is 9.53 Å². The second-order valence-electron chi connectivity index (χ2n) is 5.88. The number of esters is 1. The molecule has 4 nitrogen and oxygen atoms in total. The first-order valence-corrected chi connectivity index (χ1v) is 7.50. The van der Waals surface area contributed by atoms with Gasteiger partial charge in [0, 0.05) is 12.7 Å². The summed E-state index contributed by atoms with van der Waals surface area (Å²) in [5.41, 5.74) is 0.876. The van der Waals surface area contributed by atoms with E-state index in [1.807, 2.05) is 6.07 Å². The van der Waals surface area contributed by atoms with Crippen molar-refractivity contribution >= 4 is 11.8 Å². The van der Waals surface area contributed by atoms with E-state index in [9.17, 15) is 4.79 Å². The van der Waals surface area contributed by atoms with Crippen molar-refractivity contribution in [3.8, 4) is 0 Å². The summed E-state index contributed by atoms with van der Waals surface area (Å²) in [5, 5.41) is 3.39. The smallest absolute Gasteiger partial charge is 0.339 e. The fourth-order valence-corrected chi connectivity index (χ4v) is 2.72. The predicted octanol–water partition coefficient (Wildman–Crippen LogP) is 3.64. The van der Waals surface area contributed by atoms with Crippen LogP contribution in [-0.2, 0) is 4.74 Å². The van der Waals surface area contributed by atoms with Crippen LogP contribution >= 0.6 is 0 Å². The van der Waals surface area contributed by atoms with Crippen LogP contribution in [0.5, 0.6) is 0 Å². The Balaban J connectivity index is 1.89. The fourth-order valence-electron chi connectivity index (χ4n) is 2.72. The largest absolute Gasteiger partial charge is 0.462 e. The van der Waals surface area contributed by atoms with Gasteiger partial charge in [0.25, 0.3) is 0 Å². The van der Waals surface area contributed by atoms with Gasteiger partial charge in [0.05, 0.1) is 12.2 Å². The number of pyridine rings is 1. The third-order valence-electron chi connectivity index (χ3n) is 4.03. The third kappa shape index (κ3) is 3.95. The first-order valence-electron chi connectivity index (χ1n) is 7.50. The van der Waals surface area contributed by atoms with Crippen LogP contribution in [0.3, 0.4) is 0 Å². The van der Waals surface area contributed by atoms with Crippen LogP contribution in [0.25, 0.3) is 0 Å². The molecule has 1 aromatic heterocycles. The summed E-state index contributed by atoms with van der Waals surface area (Å²) in [6, 6.07) is 3.61. The Bertz CT molecular complexity index is 436. The van der Waals surface area contributed by atoms with Crippen molar-refractivity contribution in [1.29, 1.82) is 0 Å². The number of anilines is 1. The van der Waals surface area contributed by atoms with Crippen molar-refractivity contribution in [1.82, 2.24) is 4.98 Å². The van der Waals surface area contributed by atoms with Gasteiger partial charge in [0.1, 0.15) is 5.82 Å². The van der Waals surface area contributed by atoms with Crippen LogP contribution in [0.2, 0.25) is 0 Å². The molecule has 1 aromatic rings. The molecule has 0 amide bonds. The monoisotopic (exact) mass is 276 g/mol. The van der Waals surface area contributed by atoms with E-state index in [-0.39, 0.29) is 5.97 Å². The highest BCUT2D eigenvalue weighted by molar-refractivity contribution is 5.89. The zero-order valence-electron chi connectivity index (χ0n) is 12.4. The van der Waals surface area contributed by atoms with E-state index in [4.69, 9.17) is 4.74 Å². The van der Waals surface area contributed by atoms with Gasteiger partial charge >= 0.3 is 5.97 Å². The maximum absolute atomic E-state index is 11.5. The van der Waals surface area contributed by atoms with Gasteiger partial charge in [-0.3, -0.25) is 0 Å². The maximum atomic E-state index is 11.5. The van der Waals surface area contributed by atoms with Crippen molar-refractivity contribution in [2.45, 2.75) is 46.0 Å². The molecule has 0 spiro atoms. The molecule has 0 unspecified atom stereocenters. The minimum atomic E-state index is -0.314. The number of aromatic nitrogens is 1. The molecular formula is C16H24N2O2. The maximum Gasteiger partial charge on any atom is 0.339 e. The van der Waals surface area contributed by atoms with E-state index in [2.05, 4.69) is 17.2 Å². The van der Waals surface area contributed by atoms with Gasteiger partial charge in [-0.15, -0.1) is 0 Å². The number of hydrogen-bond donors (Lipinski definition) is 1. The van der Waals surface area contributed by atoms with Crippen LogP contribution in [0, 0.1) is 5.41 Å². The highest BCUT2D eigenvalue weighted by Crippen LogP contribution is 2.35. The Morgan fingerprint density at radius 1 is 1.35 bits per heavy atom. The van der Waals surface area contributed by atoms with Gasteiger partial charge in [0.2, 0.25) is 0 Å². The number of ether oxygens (including phenoxy) is 1. The SMILES string of the molecule is CCOC(=O)c1ccc(NCC2(C)CCCCC2)nc1. The second kappa shape index (κ2) is 6.73. The van der Waals surface area contributed by atoms with E-state index in [1.165, 1.54) is 32.1 Å². The number of nitrogens with zero attached hydrogens (tertiary/aromatic N) is 1. The summed E-state index contributed by atoms with van der Waals surface area (Å²) in [7, 11) is 0. The molecule has 1 aliphatic carbocycles. The molecule has 0 aromatic carbocycles. The van der Waals surface area contributed by atoms with E-state index in [0.29, 0.717) is 17.6 Å². The van der Waals surface area contributed by atoms with Crippen molar-refractivity contribution in [2.75, 3.05) is 18.5 Å². The lowest BCUT2D eigenvalue weighted by atomic mass is 9.76. The molecule has 1 fully saturated rings.